The Kier molecular flexibility index (Phi) is 8.47. The average Bonchev–Trinajstić information content (AvgIpc) is 3.15. The molecule has 32 heavy (non-hydrogen) atoms. The van der Waals surface area contributed by atoms with E-state index in [1.807, 2.05) is 55.5 Å². The smallest absolute Gasteiger partial charge is 0.244 e. The minimum Gasteiger partial charge on any atom is -0.349 e. The first-order valence-electron chi connectivity index (χ1n) is 10.00. The van der Waals surface area contributed by atoms with Gasteiger partial charge in [-0.25, -0.2) is 0 Å². The standard InChI is InChI=1S/C23H24ClN5O2S/c1-16(17-8-4-3-5-9-17)26-22(31)15-32-23-28-27-20(29(23)2)14-25-21(30)13-12-18-10-6-7-11-19(18)24/h3-13,16H,14-15H2,1-2H3,(H,25,30)(H,26,31)/b13-12+/t16-/m1/s1. The van der Waals surface area contributed by atoms with Crippen LogP contribution in [0.25, 0.3) is 6.08 Å². The van der Waals surface area contributed by atoms with Crippen molar-refractivity contribution < 1.29 is 9.59 Å². The minimum atomic E-state index is -0.267. The Hall–Kier alpha value is -3.10. The summed E-state index contributed by atoms with van der Waals surface area (Å²) >= 11 is 7.37. The number of hydrogen-bond acceptors (Lipinski definition) is 5. The van der Waals surface area contributed by atoms with Crippen molar-refractivity contribution in [2.75, 3.05) is 5.75 Å². The zero-order chi connectivity index (χ0) is 22.9. The monoisotopic (exact) mass is 469 g/mol. The summed E-state index contributed by atoms with van der Waals surface area (Å²) in [5.41, 5.74) is 1.81. The van der Waals surface area contributed by atoms with Gasteiger partial charge < -0.3 is 15.2 Å². The quantitative estimate of drug-likeness (QED) is 0.368. The molecular formula is C23H24ClN5O2S. The van der Waals surface area contributed by atoms with Gasteiger partial charge in [-0.05, 0) is 30.2 Å². The fraction of sp³-hybridized carbons (Fsp3) is 0.217. The van der Waals surface area contributed by atoms with Crippen molar-refractivity contribution in [3.8, 4) is 0 Å². The first-order chi connectivity index (χ1) is 15.4. The Morgan fingerprint density at radius 3 is 2.59 bits per heavy atom. The SMILES string of the molecule is C[C@@H](NC(=O)CSc1nnc(CNC(=O)/C=C/c2ccccc2Cl)n1C)c1ccccc1. The van der Waals surface area contributed by atoms with Crippen LogP contribution >= 0.6 is 23.4 Å². The largest absolute Gasteiger partial charge is 0.349 e. The second kappa shape index (κ2) is 11.5. The highest BCUT2D eigenvalue weighted by Crippen LogP contribution is 2.17. The van der Waals surface area contributed by atoms with Gasteiger partial charge in [-0.3, -0.25) is 9.59 Å². The molecule has 1 atom stereocenters. The van der Waals surface area contributed by atoms with Crippen molar-refractivity contribution in [2.24, 2.45) is 7.05 Å². The maximum atomic E-state index is 12.3. The predicted octanol–water partition coefficient (Wildman–Crippen LogP) is 3.77. The summed E-state index contributed by atoms with van der Waals surface area (Å²) in [5, 5.41) is 15.1. The van der Waals surface area contributed by atoms with Crippen LogP contribution in [0.15, 0.2) is 65.8 Å². The van der Waals surface area contributed by atoms with Crippen molar-refractivity contribution in [1.29, 1.82) is 0 Å². The number of carbonyl (C=O) groups is 2. The number of nitrogens with zero attached hydrogens (tertiary/aromatic N) is 3. The number of thioether (sulfide) groups is 1. The van der Waals surface area contributed by atoms with Crippen LogP contribution in [0.4, 0.5) is 0 Å². The van der Waals surface area contributed by atoms with Crippen LogP contribution < -0.4 is 10.6 Å². The van der Waals surface area contributed by atoms with Crippen molar-refractivity contribution in [3.63, 3.8) is 0 Å². The Balaban J connectivity index is 1.47. The number of aromatic nitrogens is 3. The zero-order valence-electron chi connectivity index (χ0n) is 17.8. The van der Waals surface area contributed by atoms with E-state index in [2.05, 4.69) is 20.8 Å². The number of amides is 2. The third-order valence-corrected chi connectivity index (χ3v) is 6.04. The number of benzene rings is 2. The molecule has 0 aliphatic rings. The minimum absolute atomic E-state index is 0.0756. The molecule has 1 heterocycles. The molecular weight excluding hydrogens is 446 g/mol. The van der Waals surface area contributed by atoms with Crippen LogP contribution in [0.2, 0.25) is 5.02 Å². The third-order valence-electron chi connectivity index (χ3n) is 4.67. The highest BCUT2D eigenvalue weighted by molar-refractivity contribution is 7.99. The predicted molar refractivity (Wildman–Crippen MR) is 127 cm³/mol. The lowest BCUT2D eigenvalue weighted by Crippen LogP contribution is -2.28. The van der Waals surface area contributed by atoms with Gasteiger partial charge in [-0.1, -0.05) is 71.9 Å². The van der Waals surface area contributed by atoms with E-state index < -0.39 is 0 Å². The van der Waals surface area contributed by atoms with Gasteiger partial charge in [0.2, 0.25) is 11.8 Å². The van der Waals surface area contributed by atoms with Gasteiger partial charge in [0.25, 0.3) is 0 Å². The topological polar surface area (TPSA) is 88.9 Å². The number of hydrogen-bond donors (Lipinski definition) is 2. The summed E-state index contributed by atoms with van der Waals surface area (Å²) in [6, 6.07) is 17.0. The van der Waals surface area contributed by atoms with E-state index in [-0.39, 0.29) is 30.2 Å². The van der Waals surface area contributed by atoms with Gasteiger partial charge >= 0.3 is 0 Å². The first-order valence-corrected chi connectivity index (χ1v) is 11.4. The van der Waals surface area contributed by atoms with E-state index in [1.54, 1.807) is 23.8 Å². The van der Waals surface area contributed by atoms with Gasteiger partial charge in [-0.15, -0.1) is 10.2 Å². The highest BCUT2D eigenvalue weighted by Gasteiger charge is 2.14. The summed E-state index contributed by atoms with van der Waals surface area (Å²) in [5.74, 6) is 0.450. The molecule has 2 amide bonds. The van der Waals surface area contributed by atoms with Crippen LogP contribution in [0, 0.1) is 0 Å². The molecule has 0 fully saturated rings. The Morgan fingerprint density at radius 1 is 1.12 bits per heavy atom. The lowest BCUT2D eigenvalue weighted by atomic mass is 10.1. The summed E-state index contributed by atoms with van der Waals surface area (Å²) < 4.78 is 1.76. The third kappa shape index (κ3) is 6.70. The molecule has 3 aromatic rings. The van der Waals surface area contributed by atoms with E-state index in [9.17, 15) is 9.59 Å². The van der Waals surface area contributed by atoms with Crippen molar-refractivity contribution in [2.45, 2.75) is 24.7 Å². The van der Waals surface area contributed by atoms with Crippen LogP contribution in [-0.2, 0) is 23.2 Å². The normalized spacial score (nSPS) is 12.0. The maximum Gasteiger partial charge on any atom is 0.244 e. The molecule has 0 unspecified atom stereocenters. The maximum absolute atomic E-state index is 12.3. The van der Waals surface area contributed by atoms with Gasteiger partial charge in [-0.2, -0.15) is 0 Å². The zero-order valence-corrected chi connectivity index (χ0v) is 19.4. The molecule has 7 nitrogen and oxygen atoms in total. The fourth-order valence-electron chi connectivity index (χ4n) is 2.86. The van der Waals surface area contributed by atoms with Crippen molar-refractivity contribution in [1.82, 2.24) is 25.4 Å². The lowest BCUT2D eigenvalue weighted by Gasteiger charge is -2.14. The first kappa shape index (κ1) is 23.6. The molecule has 0 aliphatic carbocycles. The number of carbonyl (C=O) groups excluding carboxylic acids is 2. The molecule has 2 N–H and O–H groups in total. The highest BCUT2D eigenvalue weighted by atomic mass is 35.5. The molecule has 0 bridgehead atoms. The number of rotatable bonds is 9. The molecule has 2 aromatic carbocycles. The van der Waals surface area contributed by atoms with Crippen molar-refractivity contribution >= 4 is 41.3 Å². The summed E-state index contributed by atoms with van der Waals surface area (Å²) in [7, 11) is 1.80. The van der Waals surface area contributed by atoms with Crippen LogP contribution in [0.1, 0.15) is 29.9 Å². The summed E-state index contributed by atoms with van der Waals surface area (Å²) in [4.78, 5) is 24.4. The van der Waals surface area contributed by atoms with Crippen molar-refractivity contribution in [3.05, 3.63) is 82.6 Å². The number of halogens is 1. The Labute approximate surface area is 196 Å². The molecule has 0 saturated heterocycles. The van der Waals surface area contributed by atoms with Gasteiger partial charge in [0.05, 0.1) is 18.3 Å². The van der Waals surface area contributed by atoms with E-state index in [4.69, 9.17) is 11.6 Å². The van der Waals surface area contributed by atoms with Crippen LogP contribution in [0.5, 0.6) is 0 Å². The van der Waals surface area contributed by atoms with E-state index in [0.29, 0.717) is 16.0 Å². The van der Waals surface area contributed by atoms with E-state index in [1.165, 1.54) is 17.8 Å². The average molecular weight is 470 g/mol. The molecule has 166 valence electrons. The van der Waals surface area contributed by atoms with Gasteiger partial charge in [0.1, 0.15) is 0 Å². The molecule has 0 radical (unpaired) electrons. The van der Waals surface area contributed by atoms with Gasteiger partial charge in [0.15, 0.2) is 11.0 Å². The molecule has 9 heteroatoms. The molecule has 3 rings (SSSR count). The Morgan fingerprint density at radius 2 is 1.84 bits per heavy atom. The molecule has 1 aromatic heterocycles. The van der Waals surface area contributed by atoms with Crippen LogP contribution in [-0.4, -0.2) is 32.3 Å². The Bertz CT molecular complexity index is 1100. The molecule has 0 spiro atoms. The summed E-state index contributed by atoms with van der Waals surface area (Å²) in [6.07, 6.45) is 3.08. The fourth-order valence-corrected chi connectivity index (χ4v) is 3.80. The summed E-state index contributed by atoms with van der Waals surface area (Å²) in [6.45, 7) is 2.16. The van der Waals surface area contributed by atoms with Crippen LogP contribution in [0.3, 0.4) is 0 Å². The second-order valence-electron chi connectivity index (χ2n) is 7.02. The lowest BCUT2D eigenvalue weighted by molar-refractivity contribution is -0.119. The van der Waals surface area contributed by atoms with E-state index >= 15 is 0 Å². The van der Waals surface area contributed by atoms with E-state index in [0.717, 1.165) is 11.1 Å². The van der Waals surface area contributed by atoms with Gasteiger partial charge in [0, 0.05) is 18.1 Å². The molecule has 0 saturated carbocycles. The second-order valence-corrected chi connectivity index (χ2v) is 8.37. The number of nitrogens with one attached hydrogen (secondary N) is 2. The molecule has 0 aliphatic heterocycles.